The Morgan fingerprint density at radius 1 is 1.22 bits per heavy atom. The fraction of sp³-hybridized carbons (Fsp3) is 0.467. The van der Waals surface area contributed by atoms with Crippen molar-refractivity contribution in [2.24, 2.45) is 5.92 Å². The van der Waals surface area contributed by atoms with Crippen LogP contribution in [0.3, 0.4) is 0 Å². The summed E-state index contributed by atoms with van der Waals surface area (Å²) in [6.45, 7) is 3.24. The molecule has 1 amide bonds. The van der Waals surface area contributed by atoms with Gasteiger partial charge in [-0.1, -0.05) is 32.0 Å². The second-order valence-corrected chi connectivity index (χ2v) is 7.71. The third-order valence-electron chi connectivity index (χ3n) is 3.16. The van der Waals surface area contributed by atoms with Crippen LogP contribution in [-0.2, 0) is 19.6 Å². The molecule has 2 N–H and O–H groups in total. The number of carboxylic acid groups (broad SMARTS) is 1. The molecule has 8 heteroatoms. The lowest BCUT2D eigenvalue weighted by Gasteiger charge is -2.20. The first-order valence-electron chi connectivity index (χ1n) is 7.18. The van der Waals surface area contributed by atoms with Crippen molar-refractivity contribution in [1.29, 1.82) is 0 Å². The lowest BCUT2D eigenvalue weighted by Crippen LogP contribution is -2.46. The monoisotopic (exact) mass is 342 g/mol. The van der Waals surface area contributed by atoms with Gasteiger partial charge in [-0.2, -0.15) is 4.31 Å². The van der Waals surface area contributed by atoms with Gasteiger partial charge in [0.05, 0.1) is 11.4 Å². The number of rotatable bonds is 8. The first-order valence-corrected chi connectivity index (χ1v) is 8.62. The van der Waals surface area contributed by atoms with E-state index in [-0.39, 0.29) is 17.2 Å². The van der Waals surface area contributed by atoms with Crippen molar-refractivity contribution in [2.75, 3.05) is 13.6 Å². The summed E-state index contributed by atoms with van der Waals surface area (Å²) < 4.78 is 25.5. The number of nitrogens with zero attached hydrogens (tertiary/aromatic N) is 1. The van der Waals surface area contributed by atoms with Crippen LogP contribution in [0.4, 0.5) is 0 Å². The van der Waals surface area contributed by atoms with E-state index in [2.05, 4.69) is 5.32 Å². The third-order valence-corrected chi connectivity index (χ3v) is 4.98. The Hall–Kier alpha value is -1.93. The van der Waals surface area contributed by atoms with Crippen LogP contribution in [0.5, 0.6) is 0 Å². The Morgan fingerprint density at radius 3 is 2.26 bits per heavy atom. The fourth-order valence-electron chi connectivity index (χ4n) is 1.99. The summed E-state index contributed by atoms with van der Waals surface area (Å²) in [6, 6.07) is 6.70. The Labute approximate surface area is 136 Å². The maximum atomic E-state index is 12.3. The second-order valence-electron chi connectivity index (χ2n) is 5.66. The van der Waals surface area contributed by atoms with Crippen LogP contribution in [0.2, 0.25) is 0 Å². The molecule has 0 saturated carbocycles. The van der Waals surface area contributed by atoms with E-state index in [0.717, 1.165) is 4.31 Å². The first-order chi connectivity index (χ1) is 10.6. The number of benzene rings is 1. The van der Waals surface area contributed by atoms with Crippen molar-refractivity contribution in [2.45, 2.75) is 31.2 Å². The molecular formula is C15H22N2O5S. The third kappa shape index (κ3) is 5.65. The number of amides is 1. The average molecular weight is 342 g/mol. The summed E-state index contributed by atoms with van der Waals surface area (Å²) in [5, 5.41) is 11.5. The van der Waals surface area contributed by atoms with E-state index >= 15 is 0 Å². The Balaban J connectivity index is 2.74. The van der Waals surface area contributed by atoms with Crippen molar-refractivity contribution in [1.82, 2.24) is 9.62 Å². The predicted molar refractivity (Wildman–Crippen MR) is 85.3 cm³/mol. The topological polar surface area (TPSA) is 104 Å². The van der Waals surface area contributed by atoms with Crippen molar-refractivity contribution in [3.05, 3.63) is 30.3 Å². The Kier molecular flexibility index (Phi) is 6.71. The highest BCUT2D eigenvalue weighted by molar-refractivity contribution is 7.89. The smallest absolute Gasteiger partial charge is 0.326 e. The van der Waals surface area contributed by atoms with E-state index in [1.807, 2.05) is 13.8 Å². The fourth-order valence-corrected chi connectivity index (χ4v) is 3.14. The van der Waals surface area contributed by atoms with Gasteiger partial charge in [0.1, 0.15) is 6.04 Å². The van der Waals surface area contributed by atoms with Crippen LogP contribution in [-0.4, -0.2) is 49.3 Å². The van der Waals surface area contributed by atoms with Crippen molar-refractivity contribution >= 4 is 21.9 Å². The van der Waals surface area contributed by atoms with Crippen LogP contribution in [0, 0.1) is 5.92 Å². The summed E-state index contributed by atoms with van der Waals surface area (Å²) in [5.74, 6) is -1.71. The predicted octanol–water partition coefficient (Wildman–Crippen LogP) is 0.923. The highest BCUT2D eigenvalue weighted by Gasteiger charge is 2.26. The first kappa shape index (κ1) is 19.1. The summed E-state index contributed by atoms with van der Waals surface area (Å²) in [5.41, 5.74) is 0. The maximum absolute atomic E-state index is 12.3. The average Bonchev–Trinajstić information content (AvgIpc) is 2.46. The molecule has 0 spiro atoms. The molecule has 0 heterocycles. The molecule has 0 aliphatic heterocycles. The number of likely N-dealkylation sites (N-methyl/N-ethyl adjacent to an activating group) is 1. The molecule has 0 aromatic heterocycles. The molecule has 0 fully saturated rings. The van der Waals surface area contributed by atoms with Gasteiger partial charge in [0.15, 0.2) is 0 Å². The normalized spacial score (nSPS) is 13.1. The number of aliphatic carboxylic acids is 1. The van der Waals surface area contributed by atoms with Crippen molar-refractivity contribution < 1.29 is 23.1 Å². The Bertz CT molecular complexity index is 643. The lowest BCUT2D eigenvalue weighted by molar-refractivity contribution is -0.142. The number of carboxylic acids is 1. The zero-order chi connectivity index (χ0) is 17.6. The largest absolute Gasteiger partial charge is 0.480 e. The van der Waals surface area contributed by atoms with Crippen LogP contribution in [0.25, 0.3) is 0 Å². The van der Waals surface area contributed by atoms with E-state index in [0.29, 0.717) is 0 Å². The molecular weight excluding hydrogens is 320 g/mol. The van der Waals surface area contributed by atoms with E-state index < -0.39 is 34.5 Å². The number of carbonyl (C=O) groups is 2. The number of hydrogen-bond donors (Lipinski definition) is 2. The van der Waals surface area contributed by atoms with E-state index in [1.165, 1.54) is 19.2 Å². The van der Waals surface area contributed by atoms with Crippen molar-refractivity contribution in [3.8, 4) is 0 Å². The molecule has 128 valence electrons. The zero-order valence-corrected chi connectivity index (χ0v) is 14.2. The molecule has 1 aromatic carbocycles. The number of sulfonamides is 1. The van der Waals surface area contributed by atoms with E-state index in [1.54, 1.807) is 18.2 Å². The van der Waals surface area contributed by atoms with Gasteiger partial charge in [-0.3, -0.25) is 4.79 Å². The number of nitrogens with one attached hydrogen (secondary N) is 1. The van der Waals surface area contributed by atoms with Crippen LogP contribution >= 0.6 is 0 Å². The maximum Gasteiger partial charge on any atom is 0.326 e. The van der Waals surface area contributed by atoms with Gasteiger partial charge in [-0.25, -0.2) is 13.2 Å². The van der Waals surface area contributed by atoms with Gasteiger partial charge in [0, 0.05) is 7.05 Å². The second kappa shape index (κ2) is 8.07. The van der Waals surface area contributed by atoms with Crippen LogP contribution in [0.15, 0.2) is 35.2 Å². The van der Waals surface area contributed by atoms with Crippen LogP contribution in [0.1, 0.15) is 20.3 Å². The molecule has 0 bridgehead atoms. The summed E-state index contributed by atoms with van der Waals surface area (Å²) in [4.78, 5) is 23.2. The van der Waals surface area contributed by atoms with E-state index in [9.17, 15) is 18.0 Å². The summed E-state index contributed by atoms with van der Waals surface area (Å²) in [6.07, 6.45) is 0.274. The Morgan fingerprint density at radius 2 is 1.78 bits per heavy atom. The highest BCUT2D eigenvalue weighted by atomic mass is 32.2. The van der Waals surface area contributed by atoms with Gasteiger partial charge < -0.3 is 10.4 Å². The molecule has 23 heavy (non-hydrogen) atoms. The minimum atomic E-state index is -3.79. The van der Waals surface area contributed by atoms with Gasteiger partial charge in [-0.15, -0.1) is 0 Å². The summed E-state index contributed by atoms with van der Waals surface area (Å²) in [7, 11) is -2.51. The van der Waals surface area contributed by atoms with Gasteiger partial charge >= 0.3 is 5.97 Å². The quantitative estimate of drug-likeness (QED) is 0.731. The van der Waals surface area contributed by atoms with E-state index in [4.69, 9.17) is 5.11 Å². The minimum absolute atomic E-state index is 0.0762. The molecule has 0 unspecified atom stereocenters. The molecule has 1 atom stereocenters. The molecule has 1 rings (SSSR count). The molecule has 0 aliphatic rings. The van der Waals surface area contributed by atoms with Gasteiger partial charge in [0.25, 0.3) is 0 Å². The molecule has 1 aromatic rings. The lowest BCUT2D eigenvalue weighted by atomic mass is 10.0. The number of hydrogen-bond acceptors (Lipinski definition) is 4. The molecule has 7 nitrogen and oxygen atoms in total. The van der Waals surface area contributed by atoms with Crippen LogP contribution < -0.4 is 5.32 Å². The van der Waals surface area contributed by atoms with Gasteiger partial charge in [0.2, 0.25) is 15.9 Å². The van der Waals surface area contributed by atoms with Gasteiger partial charge in [-0.05, 0) is 24.5 Å². The highest BCUT2D eigenvalue weighted by Crippen LogP contribution is 2.13. The summed E-state index contributed by atoms with van der Waals surface area (Å²) >= 11 is 0. The standard InChI is InChI=1S/C15H22N2O5S/c1-11(2)9-13(15(19)20)16-14(18)10-17(3)23(21,22)12-7-5-4-6-8-12/h4-8,11,13H,9-10H2,1-3H3,(H,16,18)(H,19,20)/t13-/m1/s1. The molecule has 0 aliphatic carbocycles. The SMILES string of the molecule is CC(C)C[C@@H](NC(=O)CN(C)S(=O)(=O)c1ccccc1)C(=O)O. The molecule has 0 radical (unpaired) electrons. The van der Waals surface area contributed by atoms with Crippen molar-refractivity contribution in [3.63, 3.8) is 0 Å². The zero-order valence-electron chi connectivity index (χ0n) is 13.4. The minimum Gasteiger partial charge on any atom is -0.480 e. The number of carbonyl (C=O) groups excluding carboxylic acids is 1. The molecule has 0 saturated heterocycles.